The van der Waals surface area contributed by atoms with E-state index in [1.165, 1.54) is 0 Å². The topological polar surface area (TPSA) is 47.0 Å². The third-order valence-corrected chi connectivity index (χ3v) is 2.98. The van der Waals surface area contributed by atoms with Crippen LogP contribution in [-0.2, 0) is 0 Å². The highest BCUT2D eigenvalue weighted by Gasteiger charge is 2.09. The second kappa shape index (κ2) is 7.43. The van der Waals surface area contributed by atoms with E-state index in [-0.39, 0.29) is 0 Å². The van der Waals surface area contributed by atoms with Crippen LogP contribution < -0.4 is 10.1 Å². The first-order chi connectivity index (χ1) is 10.2. The van der Waals surface area contributed by atoms with E-state index in [0.717, 1.165) is 23.5 Å². The lowest BCUT2D eigenvalue weighted by Gasteiger charge is -2.11. The number of rotatable bonds is 6. The number of nitrogens with zero attached hydrogens (tertiary/aromatic N) is 2. The number of hydrogen-bond donors (Lipinski definition) is 1. The lowest BCUT2D eigenvalue weighted by Crippen LogP contribution is -2.07. The quantitative estimate of drug-likeness (QED) is 0.879. The predicted octanol–water partition coefficient (Wildman–Crippen LogP) is 3.62. The van der Waals surface area contributed by atoms with Crippen molar-refractivity contribution in [1.82, 2.24) is 9.97 Å². The van der Waals surface area contributed by atoms with E-state index in [4.69, 9.17) is 4.74 Å². The molecular weight excluding hydrogens is 262 g/mol. The molecule has 110 valence electrons. The fourth-order valence-corrected chi connectivity index (χ4v) is 1.96. The first-order valence-corrected chi connectivity index (χ1v) is 7.14. The molecule has 21 heavy (non-hydrogen) atoms. The molecule has 0 amide bonds. The summed E-state index contributed by atoms with van der Waals surface area (Å²) in [5.74, 6) is 2.18. The lowest BCUT2D eigenvalue weighted by molar-refractivity contribution is 0.345. The highest BCUT2D eigenvalue weighted by Crippen LogP contribution is 2.21. The molecule has 0 spiro atoms. The maximum atomic E-state index is 5.75. The molecule has 1 aromatic carbocycles. The summed E-state index contributed by atoms with van der Waals surface area (Å²) in [4.78, 5) is 8.73. The summed E-state index contributed by atoms with van der Waals surface area (Å²) in [6.45, 7) is 7.18. The molecular formula is C17H21N3O. The van der Waals surface area contributed by atoms with Gasteiger partial charge in [0.15, 0.2) is 0 Å². The van der Waals surface area contributed by atoms with Crippen LogP contribution in [0, 0.1) is 13.8 Å². The minimum atomic E-state index is 0.484. The third kappa shape index (κ3) is 4.31. The van der Waals surface area contributed by atoms with Gasteiger partial charge in [-0.15, -0.1) is 0 Å². The summed E-state index contributed by atoms with van der Waals surface area (Å²) in [5.41, 5.74) is 2.10. The zero-order valence-corrected chi connectivity index (χ0v) is 12.8. The van der Waals surface area contributed by atoms with E-state index in [9.17, 15) is 0 Å². The molecule has 0 saturated heterocycles. The summed E-state index contributed by atoms with van der Waals surface area (Å²) < 4.78 is 5.75. The molecule has 2 aromatic rings. The second-order valence-electron chi connectivity index (χ2n) is 4.70. The molecule has 4 nitrogen and oxygen atoms in total. The van der Waals surface area contributed by atoms with Gasteiger partial charge in [-0.1, -0.05) is 36.4 Å². The van der Waals surface area contributed by atoms with Gasteiger partial charge in [-0.05, 0) is 32.4 Å². The molecule has 0 fully saturated rings. The van der Waals surface area contributed by atoms with E-state index in [1.54, 1.807) is 0 Å². The van der Waals surface area contributed by atoms with Crippen LogP contribution in [0.1, 0.15) is 23.9 Å². The molecule has 0 radical (unpaired) electrons. The van der Waals surface area contributed by atoms with Gasteiger partial charge in [-0.25, -0.2) is 4.98 Å². The fraction of sp³-hybridized carbons (Fsp3) is 0.294. The molecule has 0 atom stereocenters. The summed E-state index contributed by atoms with van der Waals surface area (Å²) >= 11 is 0. The van der Waals surface area contributed by atoms with Crippen molar-refractivity contribution >= 4 is 11.9 Å². The van der Waals surface area contributed by atoms with Crippen LogP contribution in [0.15, 0.2) is 36.4 Å². The molecule has 1 heterocycles. The summed E-state index contributed by atoms with van der Waals surface area (Å²) in [6, 6.07) is 10.1. The SMILES string of the molecule is CCNc1nc(C)nc(OC/C=C/c2ccccc2)c1C. The van der Waals surface area contributed by atoms with Gasteiger partial charge in [0, 0.05) is 6.54 Å². The van der Waals surface area contributed by atoms with Gasteiger partial charge in [0.2, 0.25) is 5.88 Å². The van der Waals surface area contributed by atoms with Crippen LogP contribution in [0.4, 0.5) is 5.82 Å². The number of nitrogens with one attached hydrogen (secondary N) is 1. The average Bonchev–Trinajstić information content (AvgIpc) is 2.49. The van der Waals surface area contributed by atoms with Crippen LogP contribution >= 0.6 is 0 Å². The highest BCUT2D eigenvalue weighted by atomic mass is 16.5. The van der Waals surface area contributed by atoms with Crippen molar-refractivity contribution in [3.05, 3.63) is 53.4 Å². The number of aryl methyl sites for hydroxylation is 1. The van der Waals surface area contributed by atoms with Crippen molar-refractivity contribution in [3.63, 3.8) is 0 Å². The second-order valence-corrected chi connectivity index (χ2v) is 4.70. The highest BCUT2D eigenvalue weighted by molar-refractivity contribution is 5.50. The Morgan fingerprint density at radius 3 is 2.62 bits per heavy atom. The number of benzene rings is 1. The standard InChI is InChI=1S/C17H21N3O/c1-4-18-16-13(2)17(20-14(3)19-16)21-12-8-11-15-9-6-5-7-10-15/h5-11H,4,12H2,1-3H3,(H,18,19,20)/b11-8+. The number of anilines is 1. The van der Waals surface area contributed by atoms with Crippen LogP contribution in [-0.4, -0.2) is 23.1 Å². The summed E-state index contributed by atoms with van der Waals surface area (Å²) in [5, 5.41) is 3.22. The lowest BCUT2D eigenvalue weighted by atomic mass is 10.2. The van der Waals surface area contributed by atoms with Crippen LogP contribution in [0.2, 0.25) is 0 Å². The molecule has 2 rings (SSSR count). The molecule has 0 aliphatic rings. The van der Waals surface area contributed by atoms with Crippen molar-refractivity contribution < 1.29 is 4.74 Å². The Morgan fingerprint density at radius 2 is 1.90 bits per heavy atom. The smallest absolute Gasteiger partial charge is 0.222 e. The van der Waals surface area contributed by atoms with Crippen molar-refractivity contribution in [3.8, 4) is 5.88 Å². The Kier molecular flexibility index (Phi) is 5.32. The van der Waals surface area contributed by atoms with Gasteiger partial charge in [0.25, 0.3) is 0 Å². The van der Waals surface area contributed by atoms with E-state index >= 15 is 0 Å². The van der Waals surface area contributed by atoms with Crippen molar-refractivity contribution in [1.29, 1.82) is 0 Å². The Hall–Kier alpha value is -2.36. The van der Waals surface area contributed by atoms with Gasteiger partial charge in [-0.3, -0.25) is 0 Å². The Morgan fingerprint density at radius 1 is 1.14 bits per heavy atom. The molecule has 0 aliphatic carbocycles. The molecule has 0 saturated carbocycles. The van der Waals surface area contributed by atoms with Gasteiger partial charge in [0.1, 0.15) is 18.2 Å². The molecule has 0 unspecified atom stereocenters. The maximum Gasteiger partial charge on any atom is 0.222 e. The fourth-order valence-electron chi connectivity index (χ4n) is 1.96. The zero-order valence-electron chi connectivity index (χ0n) is 12.8. The number of aromatic nitrogens is 2. The van der Waals surface area contributed by atoms with E-state index in [2.05, 4.69) is 27.4 Å². The van der Waals surface area contributed by atoms with Gasteiger partial charge in [-0.2, -0.15) is 4.98 Å². The van der Waals surface area contributed by atoms with Crippen LogP contribution in [0.25, 0.3) is 6.08 Å². The van der Waals surface area contributed by atoms with E-state index in [1.807, 2.05) is 51.1 Å². The monoisotopic (exact) mass is 283 g/mol. The average molecular weight is 283 g/mol. The molecule has 0 bridgehead atoms. The number of hydrogen-bond acceptors (Lipinski definition) is 4. The van der Waals surface area contributed by atoms with Crippen LogP contribution in [0.5, 0.6) is 5.88 Å². The molecule has 1 N–H and O–H groups in total. The van der Waals surface area contributed by atoms with Crippen molar-refractivity contribution in [2.24, 2.45) is 0 Å². The largest absolute Gasteiger partial charge is 0.473 e. The zero-order chi connectivity index (χ0) is 15.1. The molecule has 0 aliphatic heterocycles. The Bertz CT molecular complexity index is 609. The van der Waals surface area contributed by atoms with Crippen molar-refractivity contribution in [2.45, 2.75) is 20.8 Å². The normalized spacial score (nSPS) is 10.8. The van der Waals surface area contributed by atoms with Crippen LogP contribution in [0.3, 0.4) is 0 Å². The minimum Gasteiger partial charge on any atom is -0.473 e. The van der Waals surface area contributed by atoms with E-state index in [0.29, 0.717) is 18.3 Å². The van der Waals surface area contributed by atoms with Crippen molar-refractivity contribution in [2.75, 3.05) is 18.5 Å². The first-order valence-electron chi connectivity index (χ1n) is 7.14. The van der Waals surface area contributed by atoms with Gasteiger partial charge >= 0.3 is 0 Å². The van der Waals surface area contributed by atoms with Gasteiger partial charge in [0.05, 0.1) is 5.56 Å². The van der Waals surface area contributed by atoms with Gasteiger partial charge < -0.3 is 10.1 Å². The Labute approximate surface area is 125 Å². The Balaban J connectivity index is 2.01. The summed E-state index contributed by atoms with van der Waals surface area (Å²) in [6.07, 6.45) is 4.02. The maximum absolute atomic E-state index is 5.75. The number of ether oxygens (including phenoxy) is 1. The molecule has 4 heteroatoms. The minimum absolute atomic E-state index is 0.484. The summed E-state index contributed by atoms with van der Waals surface area (Å²) in [7, 11) is 0. The predicted molar refractivity (Wildman–Crippen MR) is 86.6 cm³/mol. The third-order valence-electron chi connectivity index (χ3n) is 2.98. The first kappa shape index (κ1) is 15.0. The molecule has 1 aromatic heterocycles. The van der Waals surface area contributed by atoms with E-state index < -0.39 is 0 Å².